The summed E-state index contributed by atoms with van der Waals surface area (Å²) in [5, 5.41) is 8.55. The van der Waals surface area contributed by atoms with Crippen LogP contribution in [0.5, 0.6) is 0 Å². The molecular weight excluding hydrogens is 406 g/mol. The van der Waals surface area contributed by atoms with Crippen molar-refractivity contribution in [1.82, 2.24) is 5.16 Å². The summed E-state index contributed by atoms with van der Waals surface area (Å²) in [5.41, 5.74) is 4.43. The fourth-order valence-corrected chi connectivity index (χ4v) is 4.69. The lowest BCUT2D eigenvalue weighted by Crippen LogP contribution is -2.25. The van der Waals surface area contributed by atoms with Crippen molar-refractivity contribution < 1.29 is 18.8 Å². The summed E-state index contributed by atoms with van der Waals surface area (Å²) in [6.07, 6.45) is 5.05. The molecule has 1 aromatic heterocycles. The van der Waals surface area contributed by atoms with Crippen molar-refractivity contribution in [2.75, 3.05) is 36.5 Å². The maximum atomic E-state index is 13.5. The van der Waals surface area contributed by atoms with Gasteiger partial charge in [0.25, 0.3) is 0 Å². The highest BCUT2D eigenvalue weighted by Gasteiger charge is 2.33. The van der Waals surface area contributed by atoms with Gasteiger partial charge in [0.15, 0.2) is 11.5 Å². The number of rotatable bonds is 6. The van der Waals surface area contributed by atoms with E-state index in [1.54, 1.807) is 6.92 Å². The van der Waals surface area contributed by atoms with Crippen molar-refractivity contribution in [3.63, 3.8) is 0 Å². The summed E-state index contributed by atoms with van der Waals surface area (Å²) in [6.45, 7) is 4.33. The van der Waals surface area contributed by atoms with Crippen LogP contribution in [0.3, 0.4) is 0 Å². The van der Waals surface area contributed by atoms with Crippen LogP contribution in [0.1, 0.15) is 54.9 Å². The molecular formula is C25H27N3O4. The summed E-state index contributed by atoms with van der Waals surface area (Å²) in [7, 11) is 0. The molecule has 0 spiro atoms. The molecule has 2 heterocycles. The second-order valence-electron chi connectivity index (χ2n) is 8.33. The molecule has 0 amide bonds. The Morgan fingerprint density at radius 3 is 2.66 bits per heavy atom. The molecule has 0 radical (unpaired) electrons. The third-order valence-corrected chi connectivity index (χ3v) is 6.29. The number of nitrogens with one attached hydrogen (secondary N) is 1. The van der Waals surface area contributed by atoms with E-state index >= 15 is 0 Å². The van der Waals surface area contributed by atoms with Gasteiger partial charge in [-0.25, -0.2) is 0 Å². The summed E-state index contributed by atoms with van der Waals surface area (Å²) in [5.74, 6) is 0.360. The molecule has 7 heteroatoms. The average molecular weight is 434 g/mol. The van der Waals surface area contributed by atoms with Crippen LogP contribution in [0.4, 0.5) is 11.4 Å². The van der Waals surface area contributed by atoms with Crippen molar-refractivity contribution in [1.29, 1.82) is 0 Å². The molecule has 1 aliphatic carbocycles. The van der Waals surface area contributed by atoms with Gasteiger partial charge in [0, 0.05) is 42.9 Å². The van der Waals surface area contributed by atoms with Crippen molar-refractivity contribution >= 4 is 34.0 Å². The molecule has 1 N–H and O–H groups in total. The van der Waals surface area contributed by atoms with Crippen molar-refractivity contribution in [2.45, 2.75) is 39.0 Å². The van der Waals surface area contributed by atoms with E-state index in [1.807, 2.05) is 30.3 Å². The molecule has 0 bridgehead atoms. The number of carbonyl (C=O) groups excluding carboxylic acids is 2. The van der Waals surface area contributed by atoms with E-state index in [0.29, 0.717) is 29.9 Å². The number of aromatic nitrogens is 1. The number of ether oxygens (including phenoxy) is 1. The zero-order chi connectivity index (χ0) is 22.1. The molecule has 166 valence electrons. The van der Waals surface area contributed by atoms with E-state index in [0.717, 1.165) is 53.8 Å². The number of carbonyl (C=O) groups is 2. The van der Waals surface area contributed by atoms with Gasteiger partial charge < -0.3 is 19.5 Å². The first-order valence-corrected chi connectivity index (χ1v) is 11.4. The molecule has 3 aromatic rings. The largest absolute Gasteiger partial charge is 0.464 e. The minimum Gasteiger partial charge on any atom is -0.464 e. The lowest BCUT2D eigenvalue weighted by atomic mass is 9.86. The van der Waals surface area contributed by atoms with Crippen LogP contribution in [0.15, 0.2) is 34.9 Å². The Hall–Kier alpha value is -3.35. The molecule has 0 unspecified atom stereocenters. The van der Waals surface area contributed by atoms with Crippen molar-refractivity contribution in [3.8, 4) is 11.3 Å². The van der Waals surface area contributed by atoms with Crippen molar-refractivity contribution in [2.24, 2.45) is 0 Å². The molecule has 32 heavy (non-hydrogen) atoms. The first kappa shape index (κ1) is 20.5. The van der Waals surface area contributed by atoms with E-state index in [-0.39, 0.29) is 18.4 Å². The number of esters is 1. The summed E-state index contributed by atoms with van der Waals surface area (Å²) in [4.78, 5) is 27.4. The second-order valence-corrected chi connectivity index (χ2v) is 8.33. The average Bonchev–Trinajstić information content (AvgIpc) is 3.08. The first-order chi connectivity index (χ1) is 15.7. The molecule has 1 fully saturated rings. The number of fused-ring (bicyclic) bond motifs is 2. The van der Waals surface area contributed by atoms with Gasteiger partial charge in [-0.2, -0.15) is 0 Å². The van der Waals surface area contributed by atoms with Gasteiger partial charge in [0.1, 0.15) is 12.1 Å². The predicted molar refractivity (Wildman–Crippen MR) is 123 cm³/mol. The number of benzene rings is 2. The highest BCUT2D eigenvalue weighted by molar-refractivity contribution is 6.28. The highest BCUT2D eigenvalue weighted by atomic mass is 16.5. The van der Waals surface area contributed by atoms with E-state index in [2.05, 4.69) is 15.4 Å². The lowest BCUT2D eigenvalue weighted by molar-refractivity contribution is -0.142. The van der Waals surface area contributed by atoms with E-state index < -0.39 is 0 Å². The number of anilines is 2. The monoisotopic (exact) mass is 433 g/mol. The number of hydrogen-bond donors (Lipinski definition) is 1. The minimum absolute atomic E-state index is 0.0447. The van der Waals surface area contributed by atoms with Gasteiger partial charge in [-0.05, 0) is 18.9 Å². The fraction of sp³-hybridized carbons (Fsp3) is 0.400. The Morgan fingerprint density at radius 2 is 1.91 bits per heavy atom. The second kappa shape index (κ2) is 8.65. The summed E-state index contributed by atoms with van der Waals surface area (Å²) >= 11 is 0. The third-order valence-electron chi connectivity index (χ3n) is 6.29. The maximum Gasteiger partial charge on any atom is 0.305 e. The number of nitrogens with zero attached hydrogens (tertiary/aromatic N) is 2. The Labute approximate surface area is 186 Å². The van der Waals surface area contributed by atoms with Crippen LogP contribution in [-0.4, -0.2) is 43.2 Å². The van der Waals surface area contributed by atoms with Crippen LogP contribution in [-0.2, 0) is 9.53 Å². The van der Waals surface area contributed by atoms with Crippen molar-refractivity contribution in [3.05, 3.63) is 41.5 Å². The molecule has 5 rings (SSSR count). The smallest absolute Gasteiger partial charge is 0.305 e. The van der Waals surface area contributed by atoms with Gasteiger partial charge in [-0.3, -0.25) is 9.59 Å². The fourth-order valence-electron chi connectivity index (χ4n) is 4.69. The molecule has 2 aliphatic rings. The highest BCUT2D eigenvalue weighted by Crippen LogP contribution is 2.45. The van der Waals surface area contributed by atoms with Crippen LogP contribution >= 0.6 is 0 Å². The van der Waals surface area contributed by atoms with Crippen LogP contribution in [0, 0.1) is 0 Å². The van der Waals surface area contributed by atoms with Crippen LogP contribution < -0.4 is 10.2 Å². The molecule has 1 saturated heterocycles. The quantitative estimate of drug-likeness (QED) is 0.346. The summed E-state index contributed by atoms with van der Waals surface area (Å²) < 4.78 is 11.0. The van der Waals surface area contributed by atoms with Crippen LogP contribution in [0.2, 0.25) is 0 Å². The zero-order valence-electron chi connectivity index (χ0n) is 18.3. The summed E-state index contributed by atoms with van der Waals surface area (Å²) in [6, 6.07) is 9.52. The minimum atomic E-state index is -0.236. The molecule has 7 nitrogen and oxygen atoms in total. The molecule has 2 aromatic carbocycles. The van der Waals surface area contributed by atoms with Gasteiger partial charge in [-0.15, -0.1) is 0 Å². The van der Waals surface area contributed by atoms with Crippen LogP contribution in [0.25, 0.3) is 22.2 Å². The van der Waals surface area contributed by atoms with E-state index in [1.165, 1.54) is 12.8 Å². The zero-order valence-corrected chi connectivity index (χ0v) is 18.3. The predicted octanol–water partition coefficient (Wildman–Crippen LogP) is 4.78. The third kappa shape index (κ3) is 3.51. The molecule has 1 aliphatic heterocycles. The Kier molecular flexibility index (Phi) is 5.55. The Balaban J connectivity index is 1.61. The number of ketones is 1. The van der Waals surface area contributed by atoms with Gasteiger partial charge in [0.2, 0.25) is 0 Å². The molecule has 0 saturated carbocycles. The van der Waals surface area contributed by atoms with Gasteiger partial charge in [-0.1, -0.05) is 49.2 Å². The number of hydrogen-bond acceptors (Lipinski definition) is 7. The lowest BCUT2D eigenvalue weighted by Gasteiger charge is -2.26. The first-order valence-electron chi connectivity index (χ1n) is 11.4. The Morgan fingerprint density at radius 1 is 1.16 bits per heavy atom. The Bertz CT molecular complexity index is 1180. The van der Waals surface area contributed by atoms with Gasteiger partial charge >= 0.3 is 5.97 Å². The molecule has 0 atom stereocenters. The van der Waals surface area contributed by atoms with Gasteiger partial charge in [0.05, 0.1) is 16.6 Å². The topological polar surface area (TPSA) is 84.7 Å². The standard InChI is InChI=1S/C25H27N3O4/c1-2-20(29)31-14-11-26-18-15-19(28-12-7-3-4-8-13-28)23-22-21(18)24(30)16-9-5-6-10-17(16)25(22)32-27-23/h5-6,9-10,15,26H,2-4,7-8,11-14H2,1H3. The van der Waals surface area contributed by atoms with E-state index in [9.17, 15) is 9.59 Å². The van der Waals surface area contributed by atoms with E-state index in [4.69, 9.17) is 9.26 Å². The normalized spacial score (nSPS) is 15.4. The maximum absolute atomic E-state index is 13.5. The SMILES string of the molecule is CCC(=O)OCCNc1cc(N2CCCCCC2)c2noc3c2c1C(=O)c1ccccc1-3.